The third-order valence-corrected chi connectivity index (χ3v) is 2.18. The number of hydrogen-bond donors (Lipinski definition) is 0. The summed E-state index contributed by atoms with van der Waals surface area (Å²) in [6, 6.07) is 4.67. The highest BCUT2D eigenvalue weighted by molar-refractivity contribution is 6.36. The molecule has 4 heteroatoms. The fourth-order valence-electron chi connectivity index (χ4n) is 1.12. The van der Waals surface area contributed by atoms with Gasteiger partial charge in [0.05, 0.1) is 22.2 Å². The monoisotopic (exact) mass is 207 g/mol. The van der Waals surface area contributed by atoms with E-state index in [-0.39, 0.29) is 27.5 Å². The van der Waals surface area contributed by atoms with Gasteiger partial charge in [0.25, 0.3) is 0 Å². The number of ketones is 1. The predicted molar refractivity (Wildman–Crippen MR) is 51.6 cm³/mol. The van der Waals surface area contributed by atoms with Gasteiger partial charge in [-0.05, 0) is 19.1 Å². The molecule has 0 amide bonds. The molecule has 0 radical (unpaired) electrons. The van der Waals surface area contributed by atoms with Crippen LogP contribution in [0, 0.1) is 11.3 Å². The summed E-state index contributed by atoms with van der Waals surface area (Å²) in [5.41, 5.74) is 0.516. The van der Waals surface area contributed by atoms with E-state index in [2.05, 4.69) is 0 Å². The zero-order chi connectivity index (χ0) is 10.7. The van der Waals surface area contributed by atoms with Crippen molar-refractivity contribution in [1.82, 2.24) is 0 Å². The maximum absolute atomic E-state index is 11.2. The molecule has 3 nitrogen and oxygen atoms in total. The van der Waals surface area contributed by atoms with Crippen molar-refractivity contribution in [3.63, 3.8) is 0 Å². The van der Waals surface area contributed by atoms with Crippen LogP contribution in [0.15, 0.2) is 12.1 Å². The van der Waals surface area contributed by atoms with Gasteiger partial charge in [-0.25, -0.2) is 0 Å². The van der Waals surface area contributed by atoms with E-state index < -0.39 is 0 Å². The van der Waals surface area contributed by atoms with Gasteiger partial charge in [0.1, 0.15) is 0 Å². The molecule has 0 saturated carbocycles. The molecule has 1 aromatic rings. The van der Waals surface area contributed by atoms with Gasteiger partial charge in [-0.15, -0.1) is 0 Å². The van der Waals surface area contributed by atoms with Crippen LogP contribution in [0.2, 0.25) is 5.02 Å². The van der Waals surface area contributed by atoms with Crippen LogP contribution in [0.1, 0.15) is 33.2 Å². The molecular formula is C10H6ClNO2. The maximum Gasteiger partial charge on any atom is 0.162 e. The molecule has 0 N–H and O–H groups in total. The molecule has 0 bridgehead atoms. The minimum absolute atomic E-state index is 0.0477. The van der Waals surface area contributed by atoms with Gasteiger partial charge < -0.3 is 0 Å². The number of rotatable bonds is 2. The van der Waals surface area contributed by atoms with Gasteiger partial charge in [-0.2, -0.15) is 5.26 Å². The van der Waals surface area contributed by atoms with Crippen molar-refractivity contribution in [2.75, 3.05) is 0 Å². The summed E-state index contributed by atoms with van der Waals surface area (Å²) in [6.45, 7) is 1.30. The Balaban J connectivity index is 3.56. The Morgan fingerprint density at radius 3 is 2.64 bits per heavy atom. The van der Waals surface area contributed by atoms with E-state index in [1.165, 1.54) is 19.1 Å². The molecule has 0 spiro atoms. The first-order valence-corrected chi connectivity index (χ1v) is 4.18. The Morgan fingerprint density at radius 1 is 1.57 bits per heavy atom. The standard InChI is InChI=1S/C10H6ClNO2/c1-6(14)9-7(4-12)2-3-8(5-13)10(9)11/h2-3,5H,1H3. The van der Waals surface area contributed by atoms with Crippen molar-refractivity contribution < 1.29 is 9.59 Å². The smallest absolute Gasteiger partial charge is 0.162 e. The van der Waals surface area contributed by atoms with Gasteiger partial charge in [0.15, 0.2) is 12.1 Å². The Hall–Kier alpha value is -1.66. The first kappa shape index (κ1) is 10.4. The third-order valence-electron chi connectivity index (χ3n) is 1.77. The number of nitriles is 1. The highest BCUT2D eigenvalue weighted by Crippen LogP contribution is 2.23. The number of hydrogen-bond acceptors (Lipinski definition) is 3. The van der Waals surface area contributed by atoms with Crippen LogP contribution in [-0.2, 0) is 0 Å². The van der Waals surface area contributed by atoms with Crippen LogP contribution in [0.4, 0.5) is 0 Å². The lowest BCUT2D eigenvalue weighted by molar-refractivity contribution is 0.101. The van der Waals surface area contributed by atoms with Crippen molar-refractivity contribution >= 4 is 23.7 Å². The largest absolute Gasteiger partial charge is 0.298 e. The van der Waals surface area contributed by atoms with E-state index in [4.69, 9.17) is 16.9 Å². The van der Waals surface area contributed by atoms with Crippen molar-refractivity contribution in [3.05, 3.63) is 33.8 Å². The highest BCUT2D eigenvalue weighted by atomic mass is 35.5. The molecule has 14 heavy (non-hydrogen) atoms. The molecule has 70 valence electrons. The van der Waals surface area contributed by atoms with E-state index in [9.17, 15) is 9.59 Å². The normalized spacial score (nSPS) is 9.21. The molecule has 0 aliphatic carbocycles. The van der Waals surface area contributed by atoms with Crippen LogP contribution >= 0.6 is 11.6 Å². The van der Waals surface area contributed by atoms with Gasteiger partial charge in [0, 0.05) is 5.56 Å². The quantitative estimate of drug-likeness (QED) is 0.552. The van der Waals surface area contributed by atoms with Crippen LogP contribution in [0.3, 0.4) is 0 Å². The lowest BCUT2D eigenvalue weighted by Gasteiger charge is -2.04. The molecule has 0 saturated heterocycles. The first-order chi connectivity index (χ1) is 6.61. The topological polar surface area (TPSA) is 57.9 Å². The molecule has 0 aromatic heterocycles. The maximum atomic E-state index is 11.2. The van der Waals surface area contributed by atoms with E-state index in [1.807, 2.05) is 6.07 Å². The average Bonchev–Trinajstić information content (AvgIpc) is 2.16. The van der Waals surface area contributed by atoms with E-state index in [0.717, 1.165) is 0 Å². The van der Waals surface area contributed by atoms with Crippen LogP contribution in [0.25, 0.3) is 0 Å². The lowest BCUT2D eigenvalue weighted by Crippen LogP contribution is -2.00. The molecule has 0 fully saturated rings. The molecule has 1 aromatic carbocycles. The zero-order valence-electron chi connectivity index (χ0n) is 7.37. The fourth-order valence-corrected chi connectivity index (χ4v) is 1.46. The van der Waals surface area contributed by atoms with Crippen molar-refractivity contribution in [1.29, 1.82) is 5.26 Å². The number of carbonyl (C=O) groups is 2. The SMILES string of the molecule is CC(=O)c1c(C#N)ccc(C=O)c1Cl. The van der Waals surface area contributed by atoms with Crippen molar-refractivity contribution in [3.8, 4) is 6.07 Å². The summed E-state index contributed by atoms with van der Waals surface area (Å²) in [4.78, 5) is 21.7. The van der Waals surface area contributed by atoms with Crippen LogP contribution < -0.4 is 0 Å². The molecule has 1 rings (SSSR count). The Bertz CT molecular complexity index is 446. The summed E-state index contributed by atoms with van der Waals surface area (Å²) in [7, 11) is 0. The van der Waals surface area contributed by atoms with Gasteiger partial charge in [0.2, 0.25) is 0 Å². The minimum Gasteiger partial charge on any atom is -0.298 e. The van der Waals surface area contributed by atoms with E-state index in [1.54, 1.807) is 0 Å². The number of Topliss-reactive ketones (excluding diaryl/α,β-unsaturated/α-hetero) is 1. The van der Waals surface area contributed by atoms with Gasteiger partial charge in [-0.3, -0.25) is 9.59 Å². The molecule has 0 aliphatic rings. The Labute approximate surface area is 85.9 Å². The number of benzene rings is 1. The predicted octanol–water partition coefficient (Wildman–Crippen LogP) is 2.23. The number of nitrogens with zero attached hydrogens (tertiary/aromatic N) is 1. The van der Waals surface area contributed by atoms with Gasteiger partial charge in [-0.1, -0.05) is 11.6 Å². The van der Waals surface area contributed by atoms with Gasteiger partial charge >= 0.3 is 0 Å². The number of aldehydes is 1. The lowest BCUT2D eigenvalue weighted by atomic mass is 10.0. The molecule has 0 atom stereocenters. The van der Waals surface area contributed by atoms with E-state index >= 15 is 0 Å². The second-order valence-electron chi connectivity index (χ2n) is 2.68. The molecule has 0 aliphatic heterocycles. The fraction of sp³-hybridized carbons (Fsp3) is 0.100. The summed E-state index contributed by atoms with van der Waals surface area (Å²) >= 11 is 5.78. The molecule has 0 heterocycles. The number of halogens is 1. The Kier molecular flexibility index (Phi) is 3.00. The minimum atomic E-state index is -0.324. The van der Waals surface area contributed by atoms with Crippen LogP contribution in [-0.4, -0.2) is 12.1 Å². The third kappa shape index (κ3) is 1.66. The van der Waals surface area contributed by atoms with E-state index in [0.29, 0.717) is 6.29 Å². The number of carbonyl (C=O) groups excluding carboxylic acids is 2. The average molecular weight is 208 g/mol. The zero-order valence-corrected chi connectivity index (χ0v) is 8.13. The van der Waals surface area contributed by atoms with Crippen LogP contribution in [0.5, 0.6) is 0 Å². The van der Waals surface area contributed by atoms with Crippen molar-refractivity contribution in [2.24, 2.45) is 0 Å². The summed E-state index contributed by atoms with van der Waals surface area (Å²) in [5.74, 6) is -0.324. The second-order valence-corrected chi connectivity index (χ2v) is 3.06. The summed E-state index contributed by atoms with van der Waals surface area (Å²) in [5, 5.41) is 8.75. The molecule has 0 unspecified atom stereocenters. The summed E-state index contributed by atoms with van der Waals surface area (Å²) < 4.78 is 0. The highest BCUT2D eigenvalue weighted by Gasteiger charge is 2.14. The second kappa shape index (κ2) is 4.03. The first-order valence-electron chi connectivity index (χ1n) is 3.80. The Morgan fingerprint density at radius 2 is 2.21 bits per heavy atom. The summed E-state index contributed by atoms with van der Waals surface area (Å²) in [6.07, 6.45) is 0.552. The van der Waals surface area contributed by atoms with Crippen molar-refractivity contribution in [2.45, 2.75) is 6.92 Å². The molecular weight excluding hydrogens is 202 g/mol.